The third-order valence-electron chi connectivity index (χ3n) is 1.68. The maximum Gasteiger partial charge on any atom is 0.207 e. The monoisotopic (exact) mass is 200 g/mol. The molecule has 0 unspecified atom stereocenters. The summed E-state index contributed by atoms with van der Waals surface area (Å²) in [6.45, 7) is 5.40. The quantitative estimate of drug-likeness (QED) is 0.713. The average Bonchev–Trinajstić information content (AvgIpc) is 2.45. The summed E-state index contributed by atoms with van der Waals surface area (Å²) in [5.41, 5.74) is 5.44. The molecule has 3 N–H and O–H groups in total. The lowest BCUT2D eigenvalue weighted by atomic mass is 10.1. The minimum atomic E-state index is 0.520. The van der Waals surface area contributed by atoms with Gasteiger partial charge in [0.15, 0.2) is 0 Å². The van der Waals surface area contributed by atoms with E-state index >= 15 is 0 Å². The Morgan fingerprint density at radius 3 is 2.77 bits per heavy atom. The minimum Gasteiger partial charge on any atom is -0.374 e. The van der Waals surface area contributed by atoms with Crippen LogP contribution < -0.4 is 11.1 Å². The van der Waals surface area contributed by atoms with E-state index in [4.69, 9.17) is 5.73 Å². The van der Waals surface area contributed by atoms with Gasteiger partial charge in [0.05, 0.1) is 0 Å². The van der Waals surface area contributed by atoms with Crippen molar-refractivity contribution in [3.63, 3.8) is 0 Å². The van der Waals surface area contributed by atoms with Crippen LogP contribution in [0, 0.1) is 5.92 Å². The van der Waals surface area contributed by atoms with Crippen molar-refractivity contribution < 1.29 is 0 Å². The lowest BCUT2D eigenvalue weighted by molar-refractivity contribution is 0.567. The smallest absolute Gasteiger partial charge is 0.207 e. The number of hydrogen-bond donors (Lipinski definition) is 2. The maximum absolute atomic E-state index is 5.44. The van der Waals surface area contributed by atoms with E-state index < -0.39 is 0 Å². The molecule has 13 heavy (non-hydrogen) atoms. The highest BCUT2D eigenvalue weighted by Gasteiger charge is 1.99. The Kier molecular flexibility index (Phi) is 3.95. The molecule has 0 saturated heterocycles. The lowest BCUT2D eigenvalue weighted by Crippen LogP contribution is -2.02. The van der Waals surface area contributed by atoms with Crippen LogP contribution in [0.1, 0.15) is 26.7 Å². The molecule has 1 aromatic heterocycles. The van der Waals surface area contributed by atoms with Crippen molar-refractivity contribution in [2.45, 2.75) is 26.7 Å². The van der Waals surface area contributed by atoms with Gasteiger partial charge in [-0.15, -0.1) is 10.2 Å². The van der Waals surface area contributed by atoms with E-state index in [0.717, 1.165) is 24.0 Å². The molecule has 0 aromatic carbocycles. The third-order valence-corrected chi connectivity index (χ3v) is 2.39. The van der Waals surface area contributed by atoms with E-state index in [0.29, 0.717) is 5.13 Å². The van der Waals surface area contributed by atoms with Crippen LogP contribution in [0.5, 0.6) is 0 Å². The molecule has 0 fully saturated rings. The van der Waals surface area contributed by atoms with E-state index in [1.54, 1.807) is 0 Å². The summed E-state index contributed by atoms with van der Waals surface area (Å²) in [5, 5.41) is 12.1. The van der Waals surface area contributed by atoms with Gasteiger partial charge in [-0.05, 0) is 18.8 Å². The SMILES string of the molecule is CC(C)CCCNc1nnc(N)s1. The van der Waals surface area contributed by atoms with Crippen LogP contribution in [-0.2, 0) is 0 Å². The molecule has 1 heterocycles. The molecule has 74 valence electrons. The molecule has 4 nitrogen and oxygen atoms in total. The standard InChI is InChI=1S/C8H16N4S/c1-6(2)4-3-5-10-8-12-11-7(9)13-8/h6H,3-5H2,1-2H3,(H2,9,11)(H,10,12). The van der Waals surface area contributed by atoms with Crippen molar-refractivity contribution >= 4 is 21.6 Å². The molecule has 1 aromatic rings. The summed E-state index contributed by atoms with van der Waals surface area (Å²) in [5.74, 6) is 0.765. The summed E-state index contributed by atoms with van der Waals surface area (Å²) >= 11 is 1.39. The van der Waals surface area contributed by atoms with Gasteiger partial charge >= 0.3 is 0 Å². The van der Waals surface area contributed by atoms with Gasteiger partial charge in [-0.1, -0.05) is 25.2 Å². The van der Waals surface area contributed by atoms with Crippen LogP contribution in [0.3, 0.4) is 0 Å². The van der Waals surface area contributed by atoms with Gasteiger partial charge < -0.3 is 11.1 Å². The van der Waals surface area contributed by atoms with Gasteiger partial charge in [-0.3, -0.25) is 0 Å². The maximum atomic E-state index is 5.44. The molecule has 0 radical (unpaired) electrons. The molecule has 1 rings (SSSR count). The Morgan fingerprint density at radius 2 is 2.23 bits per heavy atom. The van der Waals surface area contributed by atoms with Crippen LogP contribution in [0.2, 0.25) is 0 Å². The Hall–Kier alpha value is -0.840. The number of nitrogens with two attached hydrogens (primary N) is 1. The van der Waals surface area contributed by atoms with Crippen molar-refractivity contribution in [1.82, 2.24) is 10.2 Å². The van der Waals surface area contributed by atoms with Crippen LogP contribution in [-0.4, -0.2) is 16.7 Å². The number of aromatic nitrogens is 2. The second kappa shape index (κ2) is 5.01. The van der Waals surface area contributed by atoms with E-state index in [9.17, 15) is 0 Å². The average molecular weight is 200 g/mol. The zero-order valence-corrected chi connectivity index (χ0v) is 8.90. The van der Waals surface area contributed by atoms with E-state index in [2.05, 4.69) is 29.4 Å². The summed E-state index contributed by atoms with van der Waals surface area (Å²) in [4.78, 5) is 0. The zero-order chi connectivity index (χ0) is 9.68. The molecule has 0 aliphatic heterocycles. The third kappa shape index (κ3) is 4.07. The van der Waals surface area contributed by atoms with Crippen molar-refractivity contribution in [1.29, 1.82) is 0 Å². The fourth-order valence-electron chi connectivity index (χ4n) is 1.01. The van der Waals surface area contributed by atoms with Crippen molar-refractivity contribution in [2.24, 2.45) is 5.92 Å². The van der Waals surface area contributed by atoms with Gasteiger partial charge in [0.25, 0.3) is 0 Å². The molecule has 0 atom stereocenters. The summed E-state index contributed by atoms with van der Waals surface area (Å²) in [6, 6.07) is 0. The van der Waals surface area contributed by atoms with Gasteiger partial charge in [-0.2, -0.15) is 0 Å². The molecule has 0 aliphatic carbocycles. The minimum absolute atomic E-state index is 0.520. The van der Waals surface area contributed by atoms with Crippen LogP contribution >= 0.6 is 11.3 Å². The number of anilines is 2. The molecule has 0 aliphatic rings. The number of hydrogen-bond acceptors (Lipinski definition) is 5. The van der Waals surface area contributed by atoms with Crippen molar-refractivity contribution in [2.75, 3.05) is 17.6 Å². The second-order valence-electron chi connectivity index (χ2n) is 3.41. The topological polar surface area (TPSA) is 63.8 Å². The summed E-state index contributed by atoms with van der Waals surface area (Å²) < 4.78 is 0. The molecular weight excluding hydrogens is 184 g/mol. The highest BCUT2D eigenvalue weighted by atomic mass is 32.1. The normalized spacial score (nSPS) is 10.7. The van der Waals surface area contributed by atoms with Gasteiger partial charge in [0.1, 0.15) is 0 Å². The van der Waals surface area contributed by atoms with E-state index in [1.165, 1.54) is 17.8 Å². The van der Waals surface area contributed by atoms with Gasteiger partial charge in [0.2, 0.25) is 10.3 Å². The number of nitrogens with one attached hydrogen (secondary N) is 1. The predicted molar refractivity (Wildman–Crippen MR) is 56.9 cm³/mol. The predicted octanol–water partition coefficient (Wildman–Crippen LogP) is 1.97. The first-order valence-electron chi connectivity index (χ1n) is 4.51. The number of nitrogens with zero attached hydrogens (tertiary/aromatic N) is 2. The summed E-state index contributed by atoms with van der Waals surface area (Å²) in [7, 11) is 0. The highest BCUT2D eigenvalue weighted by Crippen LogP contribution is 2.16. The first kappa shape index (κ1) is 10.2. The van der Waals surface area contributed by atoms with Gasteiger partial charge in [0, 0.05) is 6.54 Å². The molecular formula is C8H16N4S. The first-order valence-corrected chi connectivity index (χ1v) is 5.33. The Morgan fingerprint density at radius 1 is 1.46 bits per heavy atom. The van der Waals surface area contributed by atoms with Crippen LogP contribution in [0.25, 0.3) is 0 Å². The molecule has 0 saturated carbocycles. The number of nitrogen functional groups attached to an aromatic ring is 1. The summed E-state index contributed by atoms with van der Waals surface area (Å²) in [6.07, 6.45) is 2.40. The van der Waals surface area contributed by atoms with Crippen LogP contribution in [0.4, 0.5) is 10.3 Å². The van der Waals surface area contributed by atoms with Crippen molar-refractivity contribution in [3.8, 4) is 0 Å². The number of rotatable bonds is 5. The fraction of sp³-hybridized carbons (Fsp3) is 0.750. The Labute approximate surface area is 82.6 Å². The largest absolute Gasteiger partial charge is 0.374 e. The lowest BCUT2D eigenvalue weighted by Gasteiger charge is -2.04. The Balaban J connectivity index is 2.13. The van der Waals surface area contributed by atoms with Crippen molar-refractivity contribution in [3.05, 3.63) is 0 Å². The fourth-order valence-corrected chi connectivity index (χ4v) is 1.55. The molecule has 5 heteroatoms. The molecule has 0 spiro atoms. The first-order chi connectivity index (χ1) is 6.18. The van der Waals surface area contributed by atoms with Crippen LogP contribution in [0.15, 0.2) is 0 Å². The Bertz CT molecular complexity index is 246. The van der Waals surface area contributed by atoms with Gasteiger partial charge in [-0.25, -0.2) is 0 Å². The zero-order valence-electron chi connectivity index (χ0n) is 8.08. The van der Waals surface area contributed by atoms with E-state index in [1.807, 2.05) is 0 Å². The second-order valence-corrected chi connectivity index (χ2v) is 4.42. The van der Waals surface area contributed by atoms with E-state index in [-0.39, 0.29) is 0 Å². The highest BCUT2D eigenvalue weighted by molar-refractivity contribution is 7.18. The molecule has 0 bridgehead atoms. The molecule has 0 amide bonds.